The van der Waals surface area contributed by atoms with E-state index in [4.69, 9.17) is 0 Å². The molecule has 3 N–H and O–H groups in total. The zero-order chi connectivity index (χ0) is 16.5. The van der Waals surface area contributed by atoms with E-state index in [1.165, 1.54) is 25.7 Å². The average molecular weight is 444 g/mol. The summed E-state index contributed by atoms with van der Waals surface area (Å²) in [5.74, 6) is 1.45. The second-order valence-corrected chi connectivity index (χ2v) is 6.21. The molecule has 1 saturated carbocycles. The first-order valence-electron chi connectivity index (χ1n) is 8.57. The Labute approximate surface area is 162 Å². The van der Waals surface area contributed by atoms with Crippen molar-refractivity contribution in [3.63, 3.8) is 0 Å². The van der Waals surface area contributed by atoms with E-state index < -0.39 is 0 Å². The van der Waals surface area contributed by atoms with Crippen LogP contribution in [0.3, 0.4) is 0 Å². The maximum atomic E-state index is 12.0. The van der Waals surface area contributed by atoms with Crippen molar-refractivity contribution in [2.24, 2.45) is 10.9 Å². The van der Waals surface area contributed by atoms with Gasteiger partial charge in [0.25, 0.3) is 0 Å². The van der Waals surface area contributed by atoms with Crippen LogP contribution >= 0.6 is 24.0 Å². The van der Waals surface area contributed by atoms with Gasteiger partial charge in [-0.2, -0.15) is 0 Å². The number of benzene rings is 1. The third kappa shape index (κ3) is 7.51. The second-order valence-electron chi connectivity index (χ2n) is 6.21. The molecule has 1 fully saturated rings. The molecule has 0 aromatic heterocycles. The fourth-order valence-corrected chi connectivity index (χ4v) is 2.79. The number of guanidine groups is 1. The fourth-order valence-electron chi connectivity index (χ4n) is 2.79. The number of aliphatic imine (C=N–C) groups is 1. The molecule has 0 radical (unpaired) electrons. The Morgan fingerprint density at radius 2 is 1.83 bits per heavy atom. The van der Waals surface area contributed by atoms with E-state index in [1.807, 2.05) is 37.3 Å². The Morgan fingerprint density at radius 3 is 2.46 bits per heavy atom. The first-order chi connectivity index (χ1) is 11.2. The van der Waals surface area contributed by atoms with Crippen molar-refractivity contribution in [3.05, 3.63) is 30.3 Å². The zero-order valence-corrected chi connectivity index (χ0v) is 16.9. The van der Waals surface area contributed by atoms with Crippen molar-refractivity contribution in [1.82, 2.24) is 10.6 Å². The van der Waals surface area contributed by atoms with E-state index >= 15 is 0 Å². The lowest BCUT2D eigenvalue weighted by atomic mass is 9.87. The molecule has 134 valence electrons. The van der Waals surface area contributed by atoms with Gasteiger partial charge in [-0.25, -0.2) is 4.99 Å². The Kier molecular flexibility index (Phi) is 9.75. The quantitative estimate of drug-likeness (QED) is 0.371. The number of carbonyl (C=O) groups is 1. The van der Waals surface area contributed by atoms with E-state index in [0.29, 0.717) is 6.04 Å². The molecule has 0 spiro atoms. The highest BCUT2D eigenvalue weighted by atomic mass is 127. The SMILES string of the molecule is CCNC(=NCC(=O)Nc1ccccc1)NC1CCC(C)CC1.I. The van der Waals surface area contributed by atoms with Crippen LogP contribution in [0, 0.1) is 5.92 Å². The summed E-state index contributed by atoms with van der Waals surface area (Å²) in [5.41, 5.74) is 0.798. The predicted octanol–water partition coefficient (Wildman–Crippen LogP) is 3.38. The van der Waals surface area contributed by atoms with E-state index in [2.05, 4.69) is 27.9 Å². The lowest BCUT2D eigenvalue weighted by Crippen LogP contribution is -2.45. The molecule has 1 aromatic rings. The Morgan fingerprint density at radius 1 is 1.17 bits per heavy atom. The summed E-state index contributed by atoms with van der Waals surface area (Å²) in [4.78, 5) is 16.4. The smallest absolute Gasteiger partial charge is 0.246 e. The van der Waals surface area contributed by atoms with Crippen LogP contribution in [0.4, 0.5) is 5.69 Å². The van der Waals surface area contributed by atoms with Gasteiger partial charge in [-0.3, -0.25) is 4.79 Å². The number of para-hydroxylation sites is 1. The zero-order valence-electron chi connectivity index (χ0n) is 14.5. The van der Waals surface area contributed by atoms with Gasteiger partial charge in [0.1, 0.15) is 6.54 Å². The number of halogens is 1. The molecule has 1 aliphatic carbocycles. The molecule has 6 heteroatoms. The van der Waals surface area contributed by atoms with Gasteiger partial charge >= 0.3 is 0 Å². The van der Waals surface area contributed by atoms with Crippen LogP contribution in [0.1, 0.15) is 39.5 Å². The minimum absolute atomic E-state index is 0. The fraction of sp³-hybridized carbons (Fsp3) is 0.556. The van der Waals surface area contributed by atoms with Crippen LogP contribution in [-0.2, 0) is 4.79 Å². The van der Waals surface area contributed by atoms with E-state index in [1.54, 1.807) is 0 Å². The minimum atomic E-state index is -0.106. The highest BCUT2D eigenvalue weighted by molar-refractivity contribution is 14.0. The normalized spacial score (nSPS) is 20.7. The molecule has 0 aliphatic heterocycles. The van der Waals surface area contributed by atoms with Gasteiger partial charge in [0.2, 0.25) is 5.91 Å². The first kappa shape index (κ1) is 20.7. The number of hydrogen-bond donors (Lipinski definition) is 3. The Bertz CT molecular complexity index is 513. The van der Waals surface area contributed by atoms with Crippen molar-refractivity contribution >= 4 is 41.5 Å². The van der Waals surface area contributed by atoms with Gasteiger partial charge in [-0.15, -0.1) is 24.0 Å². The number of nitrogens with zero attached hydrogens (tertiary/aromatic N) is 1. The van der Waals surface area contributed by atoms with Crippen LogP contribution in [0.5, 0.6) is 0 Å². The molecule has 0 bridgehead atoms. The van der Waals surface area contributed by atoms with Gasteiger partial charge < -0.3 is 16.0 Å². The maximum Gasteiger partial charge on any atom is 0.246 e. The third-order valence-electron chi connectivity index (χ3n) is 4.14. The predicted molar refractivity (Wildman–Crippen MR) is 111 cm³/mol. The van der Waals surface area contributed by atoms with Gasteiger partial charge in [0.15, 0.2) is 5.96 Å². The molecule has 0 heterocycles. The molecule has 1 aromatic carbocycles. The highest BCUT2D eigenvalue weighted by Crippen LogP contribution is 2.23. The third-order valence-corrected chi connectivity index (χ3v) is 4.14. The van der Waals surface area contributed by atoms with Crippen LogP contribution in [0.2, 0.25) is 0 Å². The Balaban J connectivity index is 0.00000288. The number of rotatable bonds is 5. The summed E-state index contributed by atoms with van der Waals surface area (Å²) in [6.45, 7) is 5.25. The molecular formula is C18H29IN4O. The lowest BCUT2D eigenvalue weighted by molar-refractivity contribution is -0.114. The summed E-state index contributed by atoms with van der Waals surface area (Å²) in [6.07, 6.45) is 4.85. The van der Waals surface area contributed by atoms with Gasteiger partial charge in [0.05, 0.1) is 0 Å². The van der Waals surface area contributed by atoms with Crippen molar-refractivity contribution in [2.45, 2.75) is 45.6 Å². The molecule has 0 saturated heterocycles. The monoisotopic (exact) mass is 444 g/mol. The van der Waals surface area contributed by atoms with Crippen molar-refractivity contribution in [2.75, 3.05) is 18.4 Å². The molecule has 5 nitrogen and oxygen atoms in total. The molecule has 2 rings (SSSR count). The first-order valence-corrected chi connectivity index (χ1v) is 8.57. The second kappa shape index (κ2) is 11.3. The standard InChI is InChI=1S/C18H28N4O.HI/c1-3-19-18(22-16-11-9-14(2)10-12-16)20-13-17(23)21-15-7-5-4-6-8-15;/h4-8,14,16H,3,9-13H2,1-2H3,(H,21,23)(H2,19,20,22);1H. The molecule has 0 unspecified atom stereocenters. The summed E-state index contributed by atoms with van der Waals surface area (Å²) >= 11 is 0. The van der Waals surface area contributed by atoms with Crippen molar-refractivity contribution in [3.8, 4) is 0 Å². The van der Waals surface area contributed by atoms with Crippen LogP contribution in [0.15, 0.2) is 35.3 Å². The van der Waals surface area contributed by atoms with E-state index in [0.717, 1.165) is 24.1 Å². The molecule has 1 aliphatic rings. The summed E-state index contributed by atoms with van der Waals surface area (Å²) in [5, 5.41) is 9.52. The lowest BCUT2D eigenvalue weighted by Gasteiger charge is -2.28. The van der Waals surface area contributed by atoms with E-state index in [9.17, 15) is 4.79 Å². The van der Waals surface area contributed by atoms with Gasteiger partial charge in [0, 0.05) is 18.3 Å². The molecule has 24 heavy (non-hydrogen) atoms. The largest absolute Gasteiger partial charge is 0.357 e. The average Bonchev–Trinajstić information content (AvgIpc) is 2.56. The minimum Gasteiger partial charge on any atom is -0.357 e. The topological polar surface area (TPSA) is 65.5 Å². The number of hydrogen-bond acceptors (Lipinski definition) is 2. The van der Waals surface area contributed by atoms with E-state index in [-0.39, 0.29) is 36.4 Å². The van der Waals surface area contributed by atoms with Crippen LogP contribution in [-0.4, -0.2) is 31.0 Å². The number of anilines is 1. The van der Waals surface area contributed by atoms with Crippen molar-refractivity contribution in [1.29, 1.82) is 0 Å². The molecule has 1 amide bonds. The number of amides is 1. The highest BCUT2D eigenvalue weighted by Gasteiger charge is 2.18. The molecule has 0 atom stereocenters. The van der Waals surface area contributed by atoms with Crippen LogP contribution in [0.25, 0.3) is 0 Å². The summed E-state index contributed by atoms with van der Waals surface area (Å²) < 4.78 is 0. The summed E-state index contributed by atoms with van der Waals surface area (Å²) in [6, 6.07) is 9.92. The van der Waals surface area contributed by atoms with Gasteiger partial charge in [-0.1, -0.05) is 25.1 Å². The van der Waals surface area contributed by atoms with Crippen molar-refractivity contribution < 1.29 is 4.79 Å². The van der Waals surface area contributed by atoms with Gasteiger partial charge in [-0.05, 0) is 50.7 Å². The maximum absolute atomic E-state index is 12.0. The number of nitrogens with one attached hydrogen (secondary N) is 3. The number of carbonyl (C=O) groups excluding carboxylic acids is 1. The Hall–Kier alpha value is -1.31. The summed E-state index contributed by atoms with van der Waals surface area (Å²) in [7, 11) is 0. The molecular weight excluding hydrogens is 415 g/mol. The van der Waals surface area contributed by atoms with Crippen LogP contribution < -0.4 is 16.0 Å².